The lowest BCUT2D eigenvalue weighted by molar-refractivity contribution is 0.215. The van der Waals surface area contributed by atoms with Gasteiger partial charge in [-0.05, 0) is 23.6 Å². The molecule has 0 bridgehead atoms. The van der Waals surface area contributed by atoms with Gasteiger partial charge in [-0.25, -0.2) is 0 Å². The van der Waals surface area contributed by atoms with E-state index in [9.17, 15) is 0 Å². The summed E-state index contributed by atoms with van der Waals surface area (Å²) in [5.41, 5.74) is 2.14. The van der Waals surface area contributed by atoms with E-state index in [1.54, 1.807) is 6.21 Å². The van der Waals surface area contributed by atoms with Crippen molar-refractivity contribution in [3.63, 3.8) is 0 Å². The van der Waals surface area contributed by atoms with E-state index in [0.29, 0.717) is 0 Å². The molecule has 0 heterocycles. The fourth-order valence-electron chi connectivity index (χ4n) is 1.23. The van der Waals surface area contributed by atoms with Crippen LogP contribution in [0.1, 0.15) is 24.5 Å². The van der Waals surface area contributed by atoms with E-state index in [4.69, 9.17) is 11.6 Å². The molecule has 0 N–H and O–H groups in total. The first-order valence-corrected chi connectivity index (χ1v) is 5.00. The molecule has 0 saturated heterocycles. The molecule has 1 rings (SSSR count). The summed E-state index contributed by atoms with van der Waals surface area (Å²) in [6, 6.07) is 5.91. The van der Waals surface area contributed by atoms with Crippen LogP contribution in [0, 0.1) is 0 Å². The number of oxime groups is 1. The van der Waals surface area contributed by atoms with Crippen LogP contribution in [-0.4, -0.2) is 13.3 Å². The van der Waals surface area contributed by atoms with Crippen molar-refractivity contribution in [2.24, 2.45) is 5.16 Å². The molecule has 0 aromatic heterocycles. The Hall–Kier alpha value is -1.02. The second kappa shape index (κ2) is 5.66. The van der Waals surface area contributed by atoms with Gasteiger partial charge in [0, 0.05) is 5.02 Å². The molecule has 0 fully saturated rings. The standard InChI is InChI=1S/C11H14ClNO/c1-3-4-10-6-5-9(7-11(10)12)8-13-14-2/h5-8H,3-4H2,1-2H3/b13-8-. The van der Waals surface area contributed by atoms with E-state index in [1.165, 1.54) is 12.7 Å². The number of halogens is 1. The van der Waals surface area contributed by atoms with Crippen LogP contribution in [-0.2, 0) is 11.3 Å². The van der Waals surface area contributed by atoms with Gasteiger partial charge < -0.3 is 4.84 Å². The van der Waals surface area contributed by atoms with E-state index in [1.807, 2.05) is 18.2 Å². The predicted octanol–water partition coefficient (Wildman–Crippen LogP) is 3.27. The van der Waals surface area contributed by atoms with Crippen LogP contribution in [0.25, 0.3) is 0 Å². The van der Waals surface area contributed by atoms with Gasteiger partial charge in [0.25, 0.3) is 0 Å². The van der Waals surface area contributed by atoms with E-state index in [0.717, 1.165) is 23.4 Å². The molecule has 1 aromatic carbocycles. The second-order valence-corrected chi connectivity index (χ2v) is 3.43. The zero-order valence-electron chi connectivity index (χ0n) is 8.46. The molecule has 76 valence electrons. The summed E-state index contributed by atoms with van der Waals surface area (Å²) in [4.78, 5) is 4.59. The highest BCUT2D eigenvalue weighted by Gasteiger charge is 1.99. The van der Waals surface area contributed by atoms with E-state index in [2.05, 4.69) is 16.9 Å². The van der Waals surface area contributed by atoms with Gasteiger partial charge in [-0.15, -0.1) is 0 Å². The van der Waals surface area contributed by atoms with Crippen LogP contribution in [0.15, 0.2) is 23.4 Å². The third-order valence-corrected chi connectivity index (χ3v) is 2.26. The normalized spacial score (nSPS) is 10.8. The van der Waals surface area contributed by atoms with Crippen molar-refractivity contribution in [3.05, 3.63) is 34.3 Å². The molecule has 0 unspecified atom stereocenters. The minimum absolute atomic E-state index is 0.798. The van der Waals surface area contributed by atoms with Crippen LogP contribution in [0.3, 0.4) is 0 Å². The van der Waals surface area contributed by atoms with Crippen molar-refractivity contribution in [3.8, 4) is 0 Å². The average molecular weight is 212 g/mol. The first-order chi connectivity index (χ1) is 6.77. The molecule has 0 aliphatic rings. The zero-order valence-corrected chi connectivity index (χ0v) is 9.21. The Kier molecular flexibility index (Phi) is 4.47. The third-order valence-electron chi connectivity index (χ3n) is 1.90. The fraction of sp³-hybridized carbons (Fsp3) is 0.364. The van der Waals surface area contributed by atoms with E-state index >= 15 is 0 Å². The summed E-state index contributed by atoms with van der Waals surface area (Å²) >= 11 is 6.08. The maximum Gasteiger partial charge on any atom is 0.106 e. The molecule has 0 amide bonds. The van der Waals surface area contributed by atoms with Crippen molar-refractivity contribution in [2.75, 3.05) is 7.11 Å². The molecule has 0 aliphatic heterocycles. The minimum Gasteiger partial charge on any atom is -0.399 e. The maximum absolute atomic E-state index is 6.08. The van der Waals surface area contributed by atoms with E-state index in [-0.39, 0.29) is 0 Å². The van der Waals surface area contributed by atoms with Gasteiger partial charge in [-0.1, -0.05) is 42.2 Å². The summed E-state index contributed by atoms with van der Waals surface area (Å²) in [6.07, 6.45) is 3.76. The zero-order chi connectivity index (χ0) is 10.4. The lowest BCUT2D eigenvalue weighted by Crippen LogP contribution is -1.88. The average Bonchev–Trinajstić information content (AvgIpc) is 2.19. The number of hydrogen-bond donors (Lipinski definition) is 0. The maximum atomic E-state index is 6.08. The molecule has 0 spiro atoms. The number of rotatable bonds is 4. The van der Waals surface area contributed by atoms with Gasteiger partial charge in [-0.3, -0.25) is 0 Å². The van der Waals surface area contributed by atoms with Gasteiger partial charge in [0.05, 0.1) is 6.21 Å². The highest BCUT2D eigenvalue weighted by Crippen LogP contribution is 2.18. The number of hydrogen-bond acceptors (Lipinski definition) is 2. The van der Waals surface area contributed by atoms with Crippen molar-refractivity contribution in [2.45, 2.75) is 19.8 Å². The summed E-state index contributed by atoms with van der Waals surface area (Å²) < 4.78 is 0. The number of benzene rings is 1. The van der Waals surface area contributed by atoms with Crippen LogP contribution in [0.2, 0.25) is 5.02 Å². The topological polar surface area (TPSA) is 21.6 Å². The second-order valence-electron chi connectivity index (χ2n) is 3.02. The molecule has 0 aliphatic carbocycles. The molecule has 1 aromatic rings. The minimum atomic E-state index is 0.798. The van der Waals surface area contributed by atoms with Crippen molar-refractivity contribution in [1.82, 2.24) is 0 Å². The highest BCUT2D eigenvalue weighted by molar-refractivity contribution is 6.31. The first-order valence-electron chi connectivity index (χ1n) is 4.63. The summed E-state index contributed by atoms with van der Waals surface area (Å²) in [6.45, 7) is 2.14. The molecular formula is C11H14ClNO. The third kappa shape index (κ3) is 3.04. The van der Waals surface area contributed by atoms with Crippen LogP contribution < -0.4 is 0 Å². The quantitative estimate of drug-likeness (QED) is 0.553. The Labute approximate surface area is 89.5 Å². The Morgan fingerprint density at radius 3 is 2.86 bits per heavy atom. The summed E-state index contributed by atoms with van der Waals surface area (Å²) in [7, 11) is 1.52. The van der Waals surface area contributed by atoms with Gasteiger partial charge in [0.1, 0.15) is 7.11 Å². The monoisotopic (exact) mass is 211 g/mol. The van der Waals surface area contributed by atoms with Gasteiger partial charge >= 0.3 is 0 Å². The van der Waals surface area contributed by atoms with Crippen molar-refractivity contribution in [1.29, 1.82) is 0 Å². The van der Waals surface area contributed by atoms with Gasteiger partial charge in [-0.2, -0.15) is 0 Å². The van der Waals surface area contributed by atoms with E-state index < -0.39 is 0 Å². The van der Waals surface area contributed by atoms with Crippen molar-refractivity contribution >= 4 is 17.8 Å². The van der Waals surface area contributed by atoms with Gasteiger partial charge in [0.2, 0.25) is 0 Å². The smallest absolute Gasteiger partial charge is 0.106 e. The molecule has 2 nitrogen and oxygen atoms in total. The Morgan fingerprint density at radius 2 is 2.29 bits per heavy atom. The van der Waals surface area contributed by atoms with Gasteiger partial charge in [0.15, 0.2) is 0 Å². The fourth-order valence-corrected chi connectivity index (χ4v) is 1.51. The first kappa shape index (κ1) is 11.1. The largest absolute Gasteiger partial charge is 0.399 e. The Morgan fingerprint density at radius 1 is 1.50 bits per heavy atom. The molecule has 0 saturated carbocycles. The SMILES string of the molecule is CCCc1ccc(/C=N\OC)cc1Cl. The van der Waals surface area contributed by atoms with Crippen LogP contribution >= 0.6 is 11.6 Å². The Bertz CT molecular complexity index is 323. The highest BCUT2D eigenvalue weighted by atomic mass is 35.5. The Balaban J connectivity index is 2.83. The molecule has 14 heavy (non-hydrogen) atoms. The summed E-state index contributed by atoms with van der Waals surface area (Å²) in [5, 5.41) is 4.47. The molecule has 0 atom stereocenters. The lowest BCUT2D eigenvalue weighted by atomic mass is 10.1. The molecule has 0 radical (unpaired) electrons. The summed E-state index contributed by atoms with van der Waals surface area (Å²) in [5.74, 6) is 0. The van der Waals surface area contributed by atoms with Crippen LogP contribution in [0.4, 0.5) is 0 Å². The van der Waals surface area contributed by atoms with Crippen LogP contribution in [0.5, 0.6) is 0 Å². The number of aryl methyl sites for hydroxylation is 1. The predicted molar refractivity (Wildman–Crippen MR) is 60.1 cm³/mol. The van der Waals surface area contributed by atoms with Crippen molar-refractivity contribution < 1.29 is 4.84 Å². The number of nitrogens with zero attached hydrogens (tertiary/aromatic N) is 1. The molecular weight excluding hydrogens is 198 g/mol. The molecule has 3 heteroatoms. The lowest BCUT2D eigenvalue weighted by Gasteiger charge is -2.02.